The zero-order valence-corrected chi connectivity index (χ0v) is 9.43. The highest BCUT2D eigenvalue weighted by molar-refractivity contribution is 5.61. The molecule has 3 rings (SSSR count). The van der Waals surface area contributed by atoms with Crippen LogP contribution in [0.4, 0.5) is 0 Å². The summed E-state index contributed by atoms with van der Waals surface area (Å²) in [4.78, 5) is 0. The molecular formula is C12H14N2O2. The minimum atomic E-state index is 0.352. The third kappa shape index (κ3) is 1.54. The molecule has 16 heavy (non-hydrogen) atoms. The van der Waals surface area contributed by atoms with Gasteiger partial charge in [-0.1, -0.05) is 24.2 Å². The van der Waals surface area contributed by atoms with Crippen molar-refractivity contribution in [3.8, 4) is 11.3 Å². The summed E-state index contributed by atoms with van der Waals surface area (Å²) in [5.41, 5.74) is 2.86. The smallest absolute Gasteiger partial charge is 0.139 e. The van der Waals surface area contributed by atoms with Gasteiger partial charge in [0.1, 0.15) is 17.7 Å². The third-order valence-corrected chi connectivity index (χ3v) is 2.93. The topological polar surface area (TPSA) is 52.1 Å². The van der Waals surface area contributed by atoms with Crippen LogP contribution in [0.25, 0.3) is 11.3 Å². The number of hydrogen-bond acceptors (Lipinski definition) is 4. The first-order chi connectivity index (χ1) is 7.75. The SMILES string of the molecule is CC(C)c1cc(-c2conc2C2CC2)no1. The predicted molar refractivity (Wildman–Crippen MR) is 58.1 cm³/mol. The molecule has 0 N–H and O–H groups in total. The average molecular weight is 218 g/mol. The molecule has 84 valence electrons. The minimum Gasteiger partial charge on any atom is -0.364 e. The molecule has 0 aromatic carbocycles. The Hall–Kier alpha value is -1.58. The molecule has 1 aliphatic carbocycles. The largest absolute Gasteiger partial charge is 0.364 e. The molecule has 0 saturated heterocycles. The van der Waals surface area contributed by atoms with Gasteiger partial charge in [-0.15, -0.1) is 0 Å². The van der Waals surface area contributed by atoms with E-state index in [2.05, 4.69) is 24.2 Å². The summed E-state index contributed by atoms with van der Waals surface area (Å²) >= 11 is 0. The second-order valence-electron chi connectivity index (χ2n) is 4.66. The van der Waals surface area contributed by atoms with Gasteiger partial charge in [0, 0.05) is 17.9 Å². The van der Waals surface area contributed by atoms with E-state index in [4.69, 9.17) is 9.05 Å². The molecule has 2 heterocycles. The molecular weight excluding hydrogens is 204 g/mol. The molecule has 1 saturated carbocycles. The Morgan fingerprint density at radius 1 is 1.31 bits per heavy atom. The van der Waals surface area contributed by atoms with Crippen LogP contribution in [0, 0.1) is 0 Å². The summed E-state index contributed by atoms with van der Waals surface area (Å²) in [6.07, 6.45) is 4.07. The van der Waals surface area contributed by atoms with Gasteiger partial charge < -0.3 is 9.05 Å². The molecule has 0 spiro atoms. The molecule has 1 fully saturated rings. The van der Waals surface area contributed by atoms with Crippen molar-refractivity contribution in [2.75, 3.05) is 0 Å². The van der Waals surface area contributed by atoms with Gasteiger partial charge in [0.05, 0.1) is 11.3 Å². The van der Waals surface area contributed by atoms with Gasteiger partial charge in [-0.25, -0.2) is 0 Å². The van der Waals surface area contributed by atoms with E-state index in [0.29, 0.717) is 11.8 Å². The molecule has 0 radical (unpaired) electrons. The monoisotopic (exact) mass is 218 g/mol. The summed E-state index contributed by atoms with van der Waals surface area (Å²) in [5, 5.41) is 8.13. The zero-order chi connectivity index (χ0) is 11.1. The van der Waals surface area contributed by atoms with E-state index in [1.165, 1.54) is 12.8 Å². The van der Waals surface area contributed by atoms with Crippen LogP contribution in [-0.2, 0) is 0 Å². The molecule has 1 aliphatic rings. The predicted octanol–water partition coefficient (Wildman–Crippen LogP) is 3.33. The number of hydrogen-bond donors (Lipinski definition) is 0. The van der Waals surface area contributed by atoms with Crippen LogP contribution < -0.4 is 0 Å². The number of rotatable bonds is 3. The van der Waals surface area contributed by atoms with Crippen LogP contribution in [0.1, 0.15) is 50.0 Å². The Balaban J connectivity index is 1.97. The lowest BCUT2D eigenvalue weighted by molar-refractivity contribution is 0.373. The maximum Gasteiger partial charge on any atom is 0.139 e. The second-order valence-corrected chi connectivity index (χ2v) is 4.66. The van der Waals surface area contributed by atoms with Crippen LogP contribution >= 0.6 is 0 Å². The van der Waals surface area contributed by atoms with Crippen molar-refractivity contribution in [2.45, 2.75) is 38.5 Å². The van der Waals surface area contributed by atoms with E-state index in [0.717, 1.165) is 22.7 Å². The zero-order valence-electron chi connectivity index (χ0n) is 9.43. The maximum atomic E-state index is 5.29. The van der Waals surface area contributed by atoms with Crippen molar-refractivity contribution in [1.29, 1.82) is 0 Å². The Bertz CT molecular complexity index is 495. The van der Waals surface area contributed by atoms with Gasteiger partial charge in [0.2, 0.25) is 0 Å². The first-order valence-corrected chi connectivity index (χ1v) is 5.67. The lowest BCUT2D eigenvalue weighted by Crippen LogP contribution is -1.84. The quantitative estimate of drug-likeness (QED) is 0.792. The highest BCUT2D eigenvalue weighted by atomic mass is 16.5. The summed E-state index contributed by atoms with van der Waals surface area (Å²) in [7, 11) is 0. The van der Waals surface area contributed by atoms with Crippen LogP contribution in [0.2, 0.25) is 0 Å². The molecule has 0 amide bonds. The Labute approximate surface area is 93.6 Å². The van der Waals surface area contributed by atoms with E-state index >= 15 is 0 Å². The fraction of sp³-hybridized carbons (Fsp3) is 0.500. The van der Waals surface area contributed by atoms with Crippen LogP contribution in [0.5, 0.6) is 0 Å². The highest BCUT2D eigenvalue weighted by Gasteiger charge is 2.30. The highest BCUT2D eigenvalue weighted by Crippen LogP contribution is 2.43. The van der Waals surface area contributed by atoms with E-state index in [9.17, 15) is 0 Å². The van der Waals surface area contributed by atoms with Crippen molar-refractivity contribution >= 4 is 0 Å². The molecule has 0 atom stereocenters. The van der Waals surface area contributed by atoms with Gasteiger partial charge in [-0.3, -0.25) is 0 Å². The van der Waals surface area contributed by atoms with Crippen molar-refractivity contribution in [1.82, 2.24) is 10.3 Å². The summed E-state index contributed by atoms with van der Waals surface area (Å²) in [6.45, 7) is 4.17. The lowest BCUT2D eigenvalue weighted by atomic mass is 10.1. The van der Waals surface area contributed by atoms with Crippen molar-refractivity contribution in [3.63, 3.8) is 0 Å². The van der Waals surface area contributed by atoms with Crippen molar-refractivity contribution < 1.29 is 9.05 Å². The summed E-state index contributed by atoms with van der Waals surface area (Å²) in [6, 6.07) is 1.98. The van der Waals surface area contributed by atoms with E-state index in [-0.39, 0.29) is 0 Å². The molecule has 4 heteroatoms. The molecule has 0 bridgehead atoms. The molecule has 0 aliphatic heterocycles. The average Bonchev–Trinajstić information content (AvgIpc) is 2.83. The van der Waals surface area contributed by atoms with Crippen molar-refractivity contribution in [2.24, 2.45) is 0 Å². The van der Waals surface area contributed by atoms with Crippen LogP contribution in [-0.4, -0.2) is 10.3 Å². The normalized spacial score (nSPS) is 15.9. The van der Waals surface area contributed by atoms with Gasteiger partial charge >= 0.3 is 0 Å². The van der Waals surface area contributed by atoms with Gasteiger partial charge in [-0.2, -0.15) is 0 Å². The van der Waals surface area contributed by atoms with Crippen LogP contribution in [0.15, 0.2) is 21.4 Å². The Morgan fingerprint density at radius 3 is 2.75 bits per heavy atom. The molecule has 0 unspecified atom stereocenters. The molecule has 4 nitrogen and oxygen atoms in total. The maximum absolute atomic E-state index is 5.29. The summed E-state index contributed by atoms with van der Waals surface area (Å²) < 4.78 is 10.3. The van der Waals surface area contributed by atoms with Crippen LogP contribution in [0.3, 0.4) is 0 Å². The van der Waals surface area contributed by atoms with E-state index in [1.54, 1.807) is 6.26 Å². The van der Waals surface area contributed by atoms with E-state index < -0.39 is 0 Å². The van der Waals surface area contributed by atoms with E-state index in [1.807, 2.05) is 6.07 Å². The first kappa shape index (κ1) is 9.63. The lowest BCUT2D eigenvalue weighted by Gasteiger charge is -1.94. The standard InChI is InChI=1S/C12H14N2O2/c1-7(2)11-5-10(13-16-11)9-6-15-14-12(9)8-3-4-8/h5-8H,3-4H2,1-2H3. The van der Waals surface area contributed by atoms with Crippen molar-refractivity contribution in [3.05, 3.63) is 23.8 Å². The second kappa shape index (κ2) is 3.47. The Morgan fingerprint density at radius 2 is 2.12 bits per heavy atom. The fourth-order valence-electron chi connectivity index (χ4n) is 1.78. The molecule has 2 aromatic heterocycles. The first-order valence-electron chi connectivity index (χ1n) is 5.67. The third-order valence-electron chi connectivity index (χ3n) is 2.93. The Kier molecular flexibility index (Phi) is 2.09. The number of aromatic nitrogens is 2. The fourth-order valence-corrected chi connectivity index (χ4v) is 1.78. The minimum absolute atomic E-state index is 0.352. The molecule has 2 aromatic rings. The summed E-state index contributed by atoms with van der Waals surface area (Å²) in [5.74, 6) is 1.82. The van der Waals surface area contributed by atoms with Gasteiger partial charge in [-0.05, 0) is 12.8 Å². The van der Waals surface area contributed by atoms with Gasteiger partial charge in [0.15, 0.2) is 0 Å². The van der Waals surface area contributed by atoms with Gasteiger partial charge in [0.25, 0.3) is 0 Å². The number of nitrogens with zero attached hydrogens (tertiary/aromatic N) is 2.